The molecule has 0 N–H and O–H groups in total. The lowest BCUT2D eigenvalue weighted by molar-refractivity contribution is -0.154. The highest BCUT2D eigenvalue weighted by atomic mass is 31.2. The van der Waals surface area contributed by atoms with Gasteiger partial charge in [-0.3, -0.25) is 18.4 Å². The highest BCUT2D eigenvalue weighted by molar-refractivity contribution is 7.48. The number of phosphoric acid groups is 1. The van der Waals surface area contributed by atoms with Gasteiger partial charge in [-0.25, -0.2) is 4.57 Å². The Kier molecular flexibility index (Phi) is 14.5. The third-order valence-corrected chi connectivity index (χ3v) is 8.81. The first kappa shape index (κ1) is 36.1. The first-order valence-electron chi connectivity index (χ1n) is 16.1. The molecule has 0 aromatic heterocycles. The zero-order chi connectivity index (χ0) is 34.0. The molecule has 2 atom stereocenters. The summed E-state index contributed by atoms with van der Waals surface area (Å²) in [7, 11) is -4.19. The van der Waals surface area contributed by atoms with Crippen LogP contribution in [0.3, 0.4) is 0 Å². The quantitative estimate of drug-likeness (QED) is 0.0713. The number of ketones is 1. The van der Waals surface area contributed by atoms with Gasteiger partial charge in [0.2, 0.25) is 0 Å². The summed E-state index contributed by atoms with van der Waals surface area (Å²) in [5, 5.41) is 0. The van der Waals surface area contributed by atoms with Gasteiger partial charge in [-0.15, -0.1) is 0 Å². The van der Waals surface area contributed by atoms with Crippen LogP contribution < -0.4 is 0 Å². The molecule has 49 heavy (non-hydrogen) atoms. The highest BCUT2D eigenvalue weighted by Gasteiger charge is 2.35. The average Bonchev–Trinajstić information content (AvgIpc) is 3.16. The Balaban J connectivity index is 1.36. The Hall–Kier alpha value is -4.24. The molecule has 0 aliphatic rings. The third-order valence-electron chi connectivity index (χ3n) is 7.45. The summed E-state index contributed by atoms with van der Waals surface area (Å²) in [6, 6.07) is 47.3. The second-order valence-corrected chi connectivity index (χ2v) is 12.9. The number of hydrogen-bond donors (Lipinski definition) is 0. The number of carbonyl (C=O) groups is 1. The fraction of sp³-hybridized carbons (Fsp3) is 0.225. The molecule has 5 rings (SSSR count). The molecule has 0 saturated heterocycles. The van der Waals surface area contributed by atoms with Gasteiger partial charge in [-0.05, 0) is 27.8 Å². The highest BCUT2D eigenvalue weighted by Crippen LogP contribution is 2.51. The molecule has 5 aromatic carbocycles. The summed E-state index contributed by atoms with van der Waals surface area (Å²) in [5.41, 5.74) is 4.27. The number of rotatable bonds is 21. The van der Waals surface area contributed by atoms with Gasteiger partial charge >= 0.3 is 7.82 Å². The van der Waals surface area contributed by atoms with E-state index in [2.05, 4.69) is 0 Å². The minimum absolute atomic E-state index is 0.0113. The van der Waals surface area contributed by atoms with Crippen molar-refractivity contribution in [2.24, 2.45) is 0 Å². The van der Waals surface area contributed by atoms with Crippen LogP contribution in [0.4, 0.5) is 0 Å². The van der Waals surface area contributed by atoms with Crippen molar-refractivity contribution in [2.75, 3.05) is 13.2 Å². The summed E-state index contributed by atoms with van der Waals surface area (Å²) in [4.78, 5) is 13.8. The molecule has 0 fully saturated rings. The van der Waals surface area contributed by atoms with Crippen molar-refractivity contribution in [1.82, 2.24) is 0 Å². The molecule has 8 nitrogen and oxygen atoms in total. The maximum absolute atomic E-state index is 14.2. The Morgan fingerprint density at radius 1 is 0.469 bits per heavy atom. The van der Waals surface area contributed by atoms with Gasteiger partial charge < -0.3 is 14.2 Å². The molecule has 0 unspecified atom stereocenters. The standard InChI is InChI=1S/C40H41O8P/c41-38(31-43-26-33-16-6-1-7-17-33)40(45-28-35-20-10-3-11-21-35)39(44-27-34-18-8-2-9-19-34)32-48-49(42,46-29-36-22-12-4-13-23-36)47-30-37-24-14-5-15-25-37/h1-25,39-40H,26-32H2/t39-,40-/m1/s1. The van der Waals surface area contributed by atoms with Gasteiger partial charge in [0.25, 0.3) is 0 Å². The Labute approximate surface area is 288 Å². The van der Waals surface area contributed by atoms with Crippen molar-refractivity contribution in [2.45, 2.75) is 45.2 Å². The van der Waals surface area contributed by atoms with Gasteiger partial charge in [-0.1, -0.05) is 152 Å². The van der Waals surface area contributed by atoms with Gasteiger partial charge in [0.05, 0.1) is 39.6 Å². The van der Waals surface area contributed by atoms with E-state index in [4.69, 9.17) is 27.8 Å². The van der Waals surface area contributed by atoms with E-state index >= 15 is 0 Å². The van der Waals surface area contributed by atoms with Crippen LogP contribution in [0.1, 0.15) is 27.8 Å². The van der Waals surface area contributed by atoms with Crippen LogP contribution in [0.25, 0.3) is 0 Å². The predicted octanol–water partition coefficient (Wildman–Crippen LogP) is 8.50. The van der Waals surface area contributed by atoms with Crippen molar-refractivity contribution >= 4 is 13.6 Å². The predicted molar refractivity (Wildman–Crippen MR) is 187 cm³/mol. The van der Waals surface area contributed by atoms with E-state index in [1.807, 2.05) is 152 Å². The molecule has 0 saturated carbocycles. The summed E-state index contributed by atoms with van der Waals surface area (Å²) in [6.07, 6.45) is -2.12. The molecule has 0 spiro atoms. The van der Waals surface area contributed by atoms with E-state index in [1.54, 1.807) is 0 Å². The summed E-state index contributed by atoms with van der Waals surface area (Å²) >= 11 is 0. The number of hydrogen-bond acceptors (Lipinski definition) is 8. The van der Waals surface area contributed by atoms with Gasteiger partial charge in [0.1, 0.15) is 18.8 Å². The number of carbonyl (C=O) groups excluding carboxylic acids is 1. The van der Waals surface area contributed by atoms with Crippen LogP contribution in [0.5, 0.6) is 0 Å². The molecule has 0 bridgehead atoms. The molecule has 0 amide bonds. The van der Waals surface area contributed by atoms with Crippen LogP contribution in [0, 0.1) is 0 Å². The van der Waals surface area contributed by atoms with Gasteiger partial charge in [0.15, 0.2) is 5.78 Å². The van der Waals surface area contributed by atoms with Crippen LogP contribution in [0.2, 0.25) is 0 Å². The largest absolute Gasteiger partial charge is 0.475 e. The maximum Gasteiger partial charge on any atom is 0.475 e. The normalized spacial score (nSPS) is 12.7. The van der Waals surface area contributed by atoms with Crippen LogP contribution >= 0.6 is 7.82 Å². The molecule has 0 aliphatic carbocycles. The van der Waals surface area contributed by atoms with Crippen molar-refractivity contribution < 1.29 is 37.1 Å². The van der Waals surface area contributed by atoms with E-state index in [9.17, 15) is 9.36 Å². The molecule has 0 heterocycles. The number of benzene rings is 5. The molecule has 9 heteroatoms. The monoisotopic (exact) mass is 680 g/mol. The van der Waals surface area contributed by atoms with E-state index in [0.717, 1.165) is 27.8 Å². The SMILES string of the molecule is O=C(COCc1ccccc1)[C@@H](OCc1ccccc1)[C@@H](COP(=O)(OCc1ccccc1)OCc1ccccc1)OCc1ccccc1. The van der Waals surface area contributed by atoms with Crippen molar-refractivity contribution in [3.8, 4) is 0 Å². The second-order valence-electron chi connectivity index (χ2n) is 11.3. The molecular formula is C40H41O8P. The van der Waals surface area contributed by atoms with Crippen molar-refractivity contribution in [3.05, 3.63) is 179 Å². The number of Topliss-reactive ketones (excluding diaryl/α,β-unsaturated/α-hetero) is 1. The lowest BCUT2D eigenvalue weighted by Gasteiger charge is -2.28. The van der Waals surface area contributed by atoms with Crippen LogP contribution in [-0.4, -0.2) is 31.2 Å². The lowest BCUT2D eigenvalue weighted by Crippen LogP contribution is -2.43. The summed E-state index contributed by atoms with van der Waals surface area (Å²) in [5.74, 6) is -0.348. The van der Waals surface area contributed by atoms with Crippen LogP contribution in [-0.2, 0) is 70.2 Å². The van der Waals surface area contributed by atoms with Crippen molar-refractivity contribution in [3.63, 3.8) is 0 Å². The Morgan fingerprint density at radius 2 is 0.837 bits per heavy atom. The fourth-order valence-corrected chi connectivity index (χ4v) is 5.99. The number of ether oxygens (including phenoxy) is 3. The Bertz CT molecular complexity index is 1640. The average molecular weight is 681 g/mol. The fourth-order valence-electron chi connectivity index (χ4n) is 4.83. The third kappa shape index (κ3) is 12.6. The van der Waals surface area contributed by atoms with Gasteiger partial charge in [0, 0.05) is 0 Å². The lowest BCUT2D eigenvalue weighted by atomic mass is 10.1. The van der Waals surface area contributed by atoms with E-state index < -0.39 is 20.0 Å². The van der Waals surface area contributed by atoms with E-state index in [1.165, 1.54) is 0 Å². The smallest absolute Gasteiger partial charge is 0.369 e. The molecular weight excluding hydrogens is 639 g/mol. The Morgan fingerprint density at radius 3 is 1.27 bits per heavy atom. The van der Waals surface area contributed by atoms with Gasteiger partial charge in [-0.2, -0.15) is 0 Å². The molecule has 0 radical (unpaired) electrons. The van der Waals surface area contributed by atoms with E-state index in [-0.39, 0.29) is 52.0 Å². The number of phosphoric ester groups is 1. The molecule has 254 valence electrons. The van der Waals surface area contributed by atoms with Crippen LogP contribution in [0.15, 0.2) is 152 Å². The summed E-state index contributed by atoms with van der Waals surface area (Å²) in [6.45, 7) is -0.0407. The first-order valence-corrected chi connectivity index (χ1v) is 17.6. The summed E-state index contributed by atoms with van der Waals surface area (Å²) < 4.78 is 50.2. The minimum Gasteiger partial charge on any atom is -0.369 e. The molecule has 0 aliphatic heterocycles. The van der Waals surface area contributed by atoms with E-state index in [0.29, 0.717) is 0 Å². The maximum atomic E-state index is 14.2. The topological polar surface area (TPSA) is 89.5 Å². The van der Waals surface area contributed by atoms with Crippen molar-refractivity contribution in [1.29, 1.82) is 0 Å². The zero-order valence-corrected chi connectivity index (χ0v) is 28.1. The zero-order valence-electron chi connectivity index (χ0n) is 27.3. The minimum atomic E-state index is -4.19. The molecule has 5 aromatic rings. The first-order chi connectivity index (χ1) is 24.1. The second kappa shape index (κ2) is 19.7.